The molecule has 0 aromatic carbocycles. The molecular weight excluding hydrogens is 392 g/mol. The van der Waals surface area contributed by atoms with E-state index in [0.717, 1.165) is 19.4 Å². The second-order valence-electron chi connectivity index (χ2n) is 7.94. The number of nitrogens with zero attached hydrogens (tertiary/aromatic N) is 2. The third kappa shape index (κ3) is 5.77. The van der Waals surface area contributed by atoms with Crippen molar-refractivity contribution in [3.63, 3.8) is 0 Å². The summed E-state index contributed by atoms with van der Waals surface area (Å²) in [6.07, 6.45) is 3.58. The van der Waals surface area contributed by atoms with Crippen LogP contribution in [0.2, 0.25) is 13.1 Å². The van der Waals surface area contributed by atoms with E-state index in [9.17, 15) is 9.90 Å². The first kappa shape index (κ1) is 22.8. The lowest BCUT2D eigenvalue weighted by atomic mass is 9.78. The van der Waals surface area contributed by atoms with E-state index in [1.165, 1.54) is 11.1 Å². The first-order valence-electron chi connectivity index (χ1n) is 9.95. The molecular formula is C18H34N4O4Si2. The molecule has 1 fully saturated rings. The Morgan fingerprint density at radius 1 is 1.43 bits per heavy atom. The number of nitrogen functional groups attached to an aromatic ring is 1. The van der Waals surface area contributed by atoms with Crippen LogP contribution in [0.4, 0.5) is 16.2 Å². The standard InChI is InChI=1S/C18H34N4O4Si2/c1-18(2,16(25-27-3)26-28-4)8-12-7-13(10-21-9-12)22(17(23)24)15-5-6-20-11-14(15)19/h5-6,11-13,16,21H,7-10,19,27-28H2,1-4H3,(H,23,24). The number of carboxylic acid groups (broad SMARTS) is 1. The largest absolute Gasteiger partial charge is 0.465 e. The van der Waals surface area contributed by atoms with Crippen molar-refractivity contribution in [2.24, 2.45) is 11.3 Å². The van der Waals surface area contributed by atoms with Crippen LogP contribution in [0.15, 0.2) is 18.5 Å². The number of hydrogen-bond donors (Lipinski definition) is 3. The minimum absolute atomic E-state index is 0.121. The topological polar surface area (TPSA) is 110 Å². The summed E-state index contributed by atoms with van der Waals surface area (Å²) in [6.45, 7) is 10.1. The van der Waals surface area contributed by atoms with E-state index < -0.39 is 25.6 Å². The molecule has 10 heteroatoms. The molecule has 158 valence electrons. The molecule has 1 saturated heterocycles. The number of amides is 1. The van der Waals surface area contributed by atoms with Crippen molar-refractivity contribution in [2.75, 3.05) is 23.7 Å². The molecule has 2 heterocycles. The zero-order valence-electron chi connectivity index (χ0n) is 17.4. The van der Waals surface area contributed by atoms with Crippen molar-refractivity contribution in [2.45, 2.75) is 52.1 Å². The molecule has 4 N–H and O–H groups in total. The Morgan fingerprint density at radius 2 is 2.11 bits per heavy atom. The van der Waals surface area contributed by atoms with Crippen LogP contribution in [0.25, 0.3) is 0 Å². The maximum atomic E-state index is 12.0. The Kier molecular flexibility index (Phi) is 8.44. The van der Waals surface area contributed by atoms with Gasteiger partial charge in [0.05, 0.1) is 23.6 Å². The zero-order valence-corrected chi connectivity index (χ0v) is 20.2. The first-order valence-corrected chi connectivity index (χ1v) is 13.9. The van der Waals surface area contributed by atoms with Crippen LogP contribution in [-0.4, -0.2) is 61.1 Å². The van der Waals surface area contributed by atoms with Crippen molar-refractivity contribution >= 4 is 37.0 Å². The van der Waals surface area contributed by atoms with Crippen LogP contribution in [0, 0.1) is 11.3 Å². The molecule has 1 aliphatic heterocycles. The van der Waals surface area contributed by atoms with E-state index in [0.29, 0.717) is 23.8 Å². The Labute approximate surface area is 172 Å². The number of piperidine rings is 1. The number of nitrogens with two attached hydrogens (primary N) is 1. The van der Waals surface area contributed by atoms with E-state index in [1.807, 2.05) is 0 Å². The summed E-state index contributed by atoms with van der Waals surface area (Å²) in [7, 11) is -1.14. The summed E-state index contributed by atoms with van der Waals surface area (Å²) in [5.74, 6) is 0.324. The number of rotatable bonds is 9. The van der Waals surface area contributed by atoms with Gasteiger partial charge < -0.3 is 25.0 Å². The highest BCUT2D eigenvalue weighted by Gasteiger charge is 2.37. The van der Waals surface area contributed by atoms with Gasteiger partial charge in [-0.3, -0.25) is 9.88 Å². The number of carbonyl (C=O) groups is 1. The summed E-state index contributed by atoms with van der Waals surface area (Å²) >= 11 is 0. The van der Waals surface area contributed by atoms with Gasteiger partial charge in [-0.05, 0) is 31.4 Å². The van der Waals surface area contributed by atoms with Gasteiger partial charge in [0.1, 0.15) is 6.29 Å². The lowest BCUT2D eigenvalue weighted by molar-refractivity contribution is -0.0889. The normalized spacial score (nSPS) is 22.1. The number of aromatic nitrogens is 1. The SMILES string of the molecule is C[SiH2]OC(O[SiH2]C)C(C)(C)CC1CNCC(N(C(=O)O)c2ccncc2N)C1. The van der Waals surface area contributed by atoms with Gasteiger partial charge in [0.25, 0.3) is 0 Å². The van der Waals surface area contributed by atoms with Gasteiger partial charge in [0.2, 0.25) is 0 Å². The second kappa shape index (κ2) is 10.4. The van der Waals surface area contributed by atoms with E-state index in [1.54, 1.807) is 12.3 Å². The molecule has 0 radical (unpaired) electrons. The predicted molar refractivity (Wildman–Crippen MR) is 117 cm³/mol. The molecule has 28 heavy (non-hydrogen) atoms. The van der Waals surface area contributed by atoms with Crippen LogP contribution in [0.1, 0.15) is 26.7 Å². The average molecular weight is 427 g/mol. The molecule has 8 nitrogen and oxygen atoms in total. The van der Waals surface area contributed by atoms with Gasteiger partial charge in [0.15, 0.2) is 19.5 Å². The maximum Gasteiger partial charge on any atom is 0.412 e. The van der Waals surface area contributed by atoms with Crippen LogP contribution >= 0.6 is 0 Å². The quantitative estimate of drug-likeness (QED) is 0.401. The van der Waals surface area contributed by atoms with Crippen molar-refractivity contribution in [1.82, 2.24) is 10.3 Å². The number of nitrogens with one attached hydrogen (secondary N) is 1. The molecule has 2 rings (SSSR count). The predicted octanol–water partition coefficient (Wildman–Crippen LogP) is 1.17. The molecule has 1 aromatic heterocycles. The summed E-state index contributed by atoms with van der Waals surface area (Å²) in [4.78, 5) is 17.4. The fourth-order valence-corrected chi connectivity index (χ4v) is 5.97. The van der Waals surface area contributed by atoms with Crippen molar-refractivity contribution in [3.05, 3.63) is 18.5 Å². The van der Waals surface area contributed by atoms with E-state index >= 15 is 0 Å². The Balaban J connectivity index is 2.13. The van der Waals surface area contributed by atoms with Crippen molar-refractivity contribution in [1.29, 1.82) is 0 Å². The molecule has 0 aliphatic carbocycles. The van der Waals surface area contributed by atoms with Gasteiger partial charge in [-0.2, -0.15) is 0 Å². The fraction of sp³-hybridized carbons (Fsp3) is 0.667. The summed E-state index contributed by atoms with van der Waals surface area (Å²) < 4.78 is 12.0. The van der Waals surface area contributed by atoms with Gasteiger partial charge >= 0.3 is 6.09 Å². The summed E-state index contributed by atoms with van der Waals surface area (Å²) in [6, 6.07) is 1.48. The van der Waals surface area contributed by atoms with Gasteiger partial charge in [-0.25, -0.2) is 4.79 Å². The molecule has 0 spiro atoms. The number of anilines is 2. The Morgan fingerprint density at radius 3 is 2.68 bits per heavy atom. The van der Waals surface area contributed by atoms with Crippen LogP contribution in [0.5, 0.6) is 0 Å². The first-order chi connectivity index (χ1) is 13.3. The number of pyridine rings is 1. The number of hydrogen-bond acceptors (Lipinski definition) is 6. The third-order valence-electron chi connectivity index (χ3n) is 5.17. The monoisotopic (exact) mass is 426 g/mol. The minimum atomic E-state index is -0.997. The van der Waals surface area contributed by atoms with E-state index in [-0.39, 0.29) is 17.7 Å². The van der Waals surface area contributed by atoms with Gasteiger partial charge in [-0.1, -0.05) is 26.9 Å². The highest BCUT2D eigenvalue weighted by atomic mass is 28.2. The third-order valence-corrected chi connectivity index (χ3v) is 6.44. The molecule has 1 amide bonds. The van der Waals surface area contributed by atoms with Crippen molar-refractivity contribution in [3.8, 4) is 0 Å². The lowest BCUT2D eigenvalue weighted by Gasteiger charge is -2.41. The molecule has 0 saturated carbocycles. The Bertz CT molecular complexity index is 644. The molecule has 1 aliphatic rings. The fourth-order valence-electron chi connectivity index (χ4n) is 4.07. The molecule has 1 aromatic rings. The highest BCUT2D eigenvalue weighted by Crippen LogP contribution is 2.36. The average Bonchev–Trinajstić information content (AvgIpc) is 2.63. The molecule has 0 bridgehead atoms. The molecule has 2 unspecified atom stereocenters. The second-order valence-corrected chi connectivity index (χ2v) is 9.76. The van der Waals surface area contributed by atoms with Crippen LogP contribution < -0.4 is 16.0 Å². The smallest absolute Gasteiger partial charge is 0.412 e. The Hall–Kier alpha value is -1.47. The highest BCUT2D eigenvalue weighted by molar-refractivity contribution is 6.26. The zero-order chi connectivity index (χ0) is 20.7. The van der Waals surface area contributed by atoms with Gasteiger partial charge in [0, 0.05) is 18.2 Å². The van der Waals surface area contributed by atoms with E-state index in [2.05, 4.69) is 37.2 Å². The van der Waals surface area contributed by atoms with Crippen LogP contribution in [0.3, 0.4) is 0 Å². The minimum Gasteiger partial charge on any atom is -0.465 e. The van der Waals surface area contributed by atoms with Crippen LogP contribution in [-0.2, 0) is 8.85 Å². The lowest BCUT2D eigenvalue weighted by Crippen LogP contribution is -2.52. The maximum absolute atomic E-state index is 12.0. The molecule has 2 atom stereocenters. The van der Waals surface area contributed by atoms with Crippen molar-refractivity contribution < 1.29 is 18.8 Å². The summed E-state index contributed by atoms with van der Waals surface area (Å²) in [5.41, 5.74) is 6.74. The summed E-state index contributed by atoms with van der Waals surface area (Å²) in [5, 5.41) is 13.3. The van der Waals surface area contributed by atoms with Gasteiger partial charge in [-0.15, -0.1) is 0 Å². The van der Waals surface area contributed by atoms with E-state index in [4.69, 9.17) is 14.6 Å².